The summed E-state index contributed by atoms with van der Waals surface area (Å²) in [4.78, 5) is 12.6. The van der Waals surface area contributed by atoms with Crippen LogP contribution in [0.4, 0.5) is 10.1 Å². The van der Waals surface area contributed by atoms with Gasteiger partial charge in [0.2, 0.25) is 0 Å². The monoisotopic (exact) mass is 362 g/mol. The average molecular weight is 362 g/mol. The highest BCUT2D eigenvalue weighted by Crippen LogP contribution is 2.14. The van der Waals surface area contributed by atoms with Gasteiger partial charge >= 0.3 is 6.01 Å². The van der Waals surface area contributed by atoms with Gasteiger partial charge < -0.3 is 19.5 Å². The number of rotatable bonds is 12. The largest absolute Gasteiger partial charge is 0.461 e. The summed E-state index contributed by atoms with van der Waals surface area (Å²) < 4.78 is 27.4. The average Bonchev–Trinajstić information content (AvgIpc) is 2.69. The van der Waals surface area contributed by atoms with Crippen LogP contribution in [0.25, 0.3) is 12.2 Å². The number of hydrogen-bond acceptors (Lipinski definition) is 7. The fourth-order valence-electron chi connectivity index (χ4n) is 1.99. The van der Waals surface area contributed by atoms with Crippen LogP contribution in [0, 0.1) is 0 Å². The molecule has 0 aliphatic carbocycles. The molecule has 1 N–H and O–H groups in total. The van der Waals surface area contributed by atoms with E-state index in [-0.39, 0.29) is 12.6 Å². The third-order valence-corrected chi connectivity index (χ3v) is 3.24. The van der Waals surface area contributed by atoms with Gasteiger partial charge in [-0.15, -0.1) is 0 Å². The van der Waals surface area contributed by atoms with Gasteiger partial charge in [-0.1, -0.05) is 0 Å². The molecular weight excluding hydrogens is 339 g/mol. The normalized spacial score (nSPS) is 11.0. The molecule has 0 aliphatic heterocycles. The van der Waals surface area contributed by atoms with Gasteiger partial charge in [0.25, 0.3) is 0 Å². The van der Waals surface area contributed by atoms with Crippen LogP contribution in [-0.4, -0.2) is 61.7 Å². The molecule has 0 fully saturated rings. The van der Waals surface area contributed by atoms with E-state index in [0.29, 0.717) is 26.4 Å². The molecule has 140 valence electrons. The number of anilines is 1. The summed E-state index contributed by atoms with van der Waals surface area (Å²) in [5, 5.41) is 3.09. The Morgan fingerprint density at radius 3 is 2.46 bits per heavy atom. The third kappa shape index (κ3) is 7.12. The molecule has 0 aliphatic rings. The molecule has 0 bridgehead atoms. The minimum atomic E-state index is -0.482. The van der Waals surface area contributed by atoms with Crippen molar-refractivity contribution in [1.82, 2.24) is 15.0 Å². The first-order valence-corrected chi connectivity index (χ1v) is 8.30. The van der Waals surface area contributed by atoms with Crippen molar-refractivity contribution in [3.8, 4) is 6.01 Å². The number of aromatic nitrogens is 3. The molecule has 0 saturated carbocycles. The Hall–Kier alpha value is -2.58. The van der Waals surface area contributed by atoms with Gasteiger partial charge in [0.05, 0.1) is 37.8 Å². The molecule has 0 amide bonds. The van der Waals surface area contributed by atoms with E-state index in [4.69, 9.17) is 14.2 Å². The summed E-state index contributed by atoms with van der Waals surface area (Å²) >= 11 is 0. The fourth-order valence-corrected chi connectivity index (χ4v) is 1.99. The molecule has 8 heteroatoms. The molecule has 0 unspecified atom stereocenters. The SMILES string of the molecule is CNc1cccnc1C=Cc1cnc(OCCOCCOCCF)nc1. The van der Waals surface area contributed by atoms with E-state index in [1.54, 1.807) is 18.6 Å². The molecule has 2 aromatic rings. The lowest BCUT2D eigenvalue weighted by Gasteiger charge is -2.06. The van der Waals surface area contributed by atoms with Crippen molar-refractivity contribution >= 4 is 17.8 Å². The second-order valence-electron chi connectivity index (χ2n) is 5.08. The highest BCUT2D eigenvalue weighted by Gasteiger charge is 1.99. The van der Waals surface area contributed by atoms with Crippen molar-refractivity contribution in [3.63, 3.8) is 0 Å². The van der Waals surface area contributed by atoms with Crippen LogP contribution in [0.1, 0.15) is 11.3 Å². The van der Waals surface area contributed by atoms with Crippen molar-refractivity contribution in [1.29, 1.82) is 0 Å². The van der Waals surface area contributed by atoms with Crippen molar-refractivity contribution in [3.05, 3.63) is 42.0 Å². The number of hydrogen-bond donors (Lipinski definition) is 1. The smallest absolute Gasteiger partial charge is 0.316 e. The predicted molar refractivity (Wildman–Crippen MR) is 97.9 cm³/mol. The topological polar surface area (TPSA) is 78.4 Å². The van der Waals surface area contributed by atoms with E-state index in [2.05, 4.69) is 20.3 Å². The minimum Gasteiger partial charge on any atom is -0.461 e. The standard InChI is InChI=1S/C18H23FN4O3/c1-20-16-3-2-7-21-17(16)5-4-15-13-22-18(23-14-15)26-12-11-25-10-9-24-8-6-19/h2-5,7,13-14,20H,6,8-12H2,1H3. The summed E-state index contributed by atoms with van der Waals surface area (Å²) in [6.45, 7) is 1.10. The number of nitrogens with zero attached hydrogens (tertiary/aromatic N) is 3. The van der Waals surface area contributed by atoms with Crippen LogP contribution in [0.15, 0.2) is 30.7 Å². The Morgan fingerprint density at radius 2 is 1.73 bits per heavy atom. The molecule has 2 rings (SSSR count). The molecular formula is C18H23FN4O3. The first kappa shape index (κ1) is 19.7. The lowest BCUT2D eigenvalue weighted by molar-refractivity contribution is 0.0315. The quantitative estimate of drug-likeness (QED) is 0.581. The second-order valence-corrected chi connectivity index (χ2v) is 5.08. The molecule has 0 saturated heterocycles. The first-order valence-electron chi connectivity index (χ1n) is 8.30. The Kier molecular flexibility index (Phi) is 9.02. The Morgan fingerprint density at radius 1 is 1.00 bits per heavy atom. The van der Waals surface area contributed by atoms with Crippen LogP contribution in [0.3, 0.4) is 0 Å². The molecule has 2 heterocycles. The maximum atomic E-state index is 11.8. The van der Waals surface area contributed by atoms with E-state index in [1.165, 1.54) is 0 Å². The maximum absolute atomic E-state index is 11.8. The van der Waals surface area contributed by atoms with Gasteiger partial charge in [-0.3, -0.25) is 4.98 Å². The molecule has 0 atom stereocenters. The van der Waals surface area contributed by atoms with Crippen molar-refractivity contribution in [2.75, 3.05) is 52.1 Å². The van der Waals surface area contributed by atoms with Crippen LogP contribution >= 0.6 is 0 Å². The van der Waals surface area contributed by atoms with Crippen LogP contribution in [-0.2, 0) is 9.47 Å². The Balaban J connectivity index is 1.72. The molecule has 7 nitrogen and oxygen atoms in total. The number of ether oxygens (including phenoxy) is 3. The van der Waals surface area contributed by atoms with E-state index in [1.807, 2.05) is 31.3 Å². The molecule has 0 aromatic carbocycles. The first-order chi connectivity index (χ1) is 12.8. The maximum Gasteiger partial charge on any atom is 0.316 e. The van der Waals surface area contributed by atoms with Crippen molar-refractivity contribution in [2.24, 2.45) is 0 Å². The van der Waals surface area contributed by atoms with E-state index in [9.17, 15) is 4.39 Å². The summed E-state index contributed by atoms with van der Waals surface area (Å²) in [6, 6.07) is 4.11. The molecule has 2 aromatic heterocycles. The van der Waals surface area contributed by atoms with Gasteiger partial charge in [0.1, 0.15) is 13.3 Å². The number of pyridine rings is 1. The predicted octanol–water partition coefficient (Wildman–Crippen LogP) is 2.47. The summed E-state index contributed by atoms with van der Waals surface area (Å²) in [5.74, 6) is 0. The van der Waals surface area contributed by atoms with Gasteiger partial charge in [0, 0.05) is 31.2 Å². The third-order valence-electron chi connectivity index (χ3n) is 3.24. The highest BCUT2D eigenvalue weighted by molar-refractivity contribution is 5.73. The number of halogens is 1. The lowest BCUT2D eigenvalue weighted by Crippen LogP contribution is -2.12. The molecule has 0 spiro atoms. The van der Waals surface area contributed by atoms with E-state index in [0.717, 1.165) is 16.9 Å². The number of alkyl halides is 1. The zero-order valence-corrected chi connectivity index (χ0v) is 14.7. The molecule has 0 radical (unpaired) electrons. The summed E-state index contributed by atoms with van der Waals surface area (Å²) in [7, 11) is 1.85. The lowest BCUT2D eigenvalue weighted by atomic mass is 10.2. The summed E-state index contributed by atoms with van der Waals surface area (Å²) in [5.41, 5.74) is 2.62. The minimum absolute atomic E-state index is 0.102. The van der Waals surface area contributed by atoms with Crippen molar-refractivity contribution in [2.45, 2.75) is 0 Å². The van der Waals surface area contributed by atoms with Crippen molar-refractivity contribution < 1.29 is 18.6 Å². The van der Waals surface area contributed by atoms with Gasteiger partial charge in [-0.05, 0) is 24.3 Å². The molecule has 26 heavy (non-hydrogen) atoms. The Labute approximate surface area is 152 Å². The zero-order valence-electron chi connectivity index (χ0n) is 14.7. The van der Waals surface area contributed by atoms with E-state index < -0.39 is 6.67 Å². The van der Waals surface area contributed by atoms with Crippen LogP contribution < -0.4 is 10.1 Å². The number of nitrogens with one attached hydrogen (secondary N) is 1. The van der Waals surface area contributed by atoms with Crippen LogP contribution in [0.5, 0.6) is 6.01 Å². The fraction of sp³-hybridized carbons (Fsp3) is 0.389. The van der Waals surface area contributed by atoms with Gasteiger partial charge in [-0.2, -0.15) is 0 Å². The van der Waals surface area contributed by atoms with Gasteiger partial charge in [-0.25, -0.2) is 14.4 Å². The van der Waals surface area contributed by atoms with Gasteiger partial charge in [0.15, 0.2) is 0 Å². The van der Waals surface area contributed by atoms with Crippen LogP contribution in [0.2, 0.25) is 0 Å². The Bertz CT molecular complexity index is 668. The zero-order chi connectivity index (χ0) is 18.5. The highest BCUT2D eigenvalue weighted by atomic mass is 19.1. The summed E-state index contributed by atoms with van der Waals surface area (Å²) in [6.07, 6.45) is 8.86. The second kappa shape index (κ2) is 11.9. The van der Waals surface area contributed by atoms with E-state index >= 15 is 0 Å².